The van der Waals surface area contributed by atoms with Crippen LogP contribution < -0.4 is 0 Å². The summed E-state index contributed by atoms with van der Waals surface area (Å²) in [4.78, 5) is 23.4. The average molecular weight is 369 g/mol. The molecule has 0 atom stereocenters. The first-order chi connectivity index (χ1) is 12.7. The van der Waals surface area contributed by atoms with Crippen LogP contribution in [0.5, 0.6) is 0 Å². The number of aromatic nitrogens is 3. The molecule has 134 valence electrons. The third kappa shape index (κ3) is 3.50. The normalized spacial score (nSPS) is 15.0. The second-order valence-electron chi connectivity index (χ2n) is 6.71. The van der Waals surface area contributed by atoms with E-state index in [1.54, 1.807) is 0 Å². The number of fused-ring (bicyclic) bond motifs is 1. The Morgan fingerprint density at radius 2 is 1.92 bits per heavy atom. The molecule has 0 radical (unpaired) electrons. The highest BCUT2D eigenvalue weighted by Crippen LogP contribution is 2.24. The van der Waals surface area contributed by atoms with Crippen LogP contribution in [0.2, 0.25) is 5.15 Å². The van der Waals surface area contributed by atoms with Crippen molar-refractivity contribution in [2.45, 2.75) is 25.8 Å². The van der Waals surface area contributed by atoms with Gasteiger partial charge >= 0.3 is 0 Å². The lowest BCUT2D eigenvalue weighted by atomic mass is 10.1. The molecule has 0 N–H and O–H groups in total. The number of halogens is 1. The Morgan fingerprint density at radius 1 is 1.12 bits per heavy atom. The number of hydrogen-bond acceptors (Lipinski definition) is 4. The van der Waals surface area contributed by atoms with Crippen molar-refractivity contribution in [3.05, 3.63) is 59.3 Å². The number of benzene rings is 1. The first-order valence-corrected chi connectivity index (χ1v) is 9.42. The van der Waals surface area contributed by atoms with Crippen molar-refractivity contribution in [2.24, 2.45) is 0 Å². The van der Waals surface area contributed by atoms with Gasteiger partial charge in [0.05, 0.1) is 0 Å². The molecule has 6 heteroatoms. The molecule has 26 heavy (non-hydrogen) atoms. The Bertz CT molecular complexity index is 930. The van der Waals surface area contributed by atoms with Gasteiger partial charge in [-0.3, -0.25) is 4.79 Å². The van der Waals surface area contributed by atoms with Gasteiger partial charge in [-0.25, -0.2) is 9.97 Å². The number of carbonyl (C=O) groups excluding carboxylic acids is 1. The highest BCUT2D eigenvalue weighted by molar-refractivity contribution is 6.30. The molecule has 0 spiro atoms. The van der Waals surface area contributed by atoms with Gasteiger partial charge in [0.1, 0.15) is 17.2 Å². The van der Waals surface area contributed by atoms with Gasteiger partial charge in [0.2, 0.25) is 5.78 Å². The van der Waals surface area contributed by atoms with Crippen molar-refractivity contribution in [3.63, 3.8) is 0 Å². The first-order valence-electron chi connectivity index (χ1n) is 9.05. The molecule has 0 aliphatic carbocycles. The summed E-state index contributed by atoms with van der Waals surface area (Å²) in [6.45, 7) is 4.43. The number of hydrogen-bond donors (Lipinski definition) is 0. The molecule has 4 rings (SSSR count). The zero-order valence-corrected chi connectivity index (χ0v) is 15.3. The van der Waals surface area contributed by atoms with Crippen molar-refractivity contribution >= 4 is 28.3 Å². The summed E-state index contributed by atoms with van der Waals surface area (Å²) in [5, 5.41) is 1.23. The van der Waals surface area contributed by atoms with E-state index in [4.69, 9.17) is 11.6 Å². The number of rotatable bonds is 6. The highest BCUT2D eigenvalue weighted by Gasteiger charge is 2.18. The van der Waals surface area contributed by atoms with Crippen LogP contribution in [-0.4, -0.2) is 44.9 Å². The van der Waals surface area contributed by atoms with Crippen molar-refractivity contribution in [3.8, 4) is 0 Å². The molecule has 3 aromatic rings. The average Bonchev–Trinajstić information content (AvgIpc) is 3.30. The smallest absolute Gasteiger partial charge is 0.213 e. The molecule has 0 saturated carbocycles. The first kappa shape index (κ1) is 17.2. The summed E-state index contributed by atoms with van der Waals surface area (Å²) in [5.41, 5.74) is 2.07. The van der Waals surface area contributed by atoms with Crippen LogP contribution >= 0.6 is 11.6 Å². The van der Waals surface area contributed by atoms with E-state index in [0.29, 0.717) is 11.3 Å². The van der Waals surface area contributed by atoms with Crippen molar-refractivity contribution < 1.29 is 4.79 Å². The van der Waals surface area contributed by atoms with Crippen molar-refractivity contribution in [1.82, 2.24) is 19.4 Å². The van der Waals surface area contributed by atoms with Gasteiger partial charge in [0.15, 0.2) is 0 Å². The van der Waals surface area contributed by atoms with Crippen LogP contribution in [0, 0.1) is 0 Å². The summed E-state index contributed by atoms with van der Waals surface area (Å²) in [6, 6.07) is 9.54. The maximum Gasteiger partial charge on any atom is 0.213 e. The molecular formula is C20H21ClN4O. The van der Waals surface area contributed by atoms with Gasteiger partial charge in [0, 0.05) is 35.3 Å². The molecular weight excluding hydrogens is 348 g/mol. The molecule has 1 aliphatic rings. The number of nitrogens with zero attached hydrogens (tertiary/aromatic N) is 4. The van der Waals surface area contributed by atoms with Gasteiger partial charge in [0.25, 0.3) is 0 Å². The summed E-state index contributed by atoms with van der Waals surface area (Å²) in [7, 11) is 0. The van der Waals surface area contributed by atoms with Gasteiger partial charge in [-0.2, -0.15) is 0 Å². The molecule has 0 unspecified atom stereocenters. The van der Waals surface area contributed by atoms with Gasteiger partial charge in [-0.1, -0.05) is 29.8 Å². The maximum atomic E-state index is 12.9. The van der Waals surface area contributed by atoms with Crippen LogP contribution in [0.15, 0.2) is 42.9 Å². The summed E-state index contributed by atoms with van der Waals surface area (Å²) < 4.78 is 2.18. The van der Waals surface area contributed by atoms with Gasteiger partial charge in [-0.05, 0) is 45.0 Å². The monoisotopic (exact) mass is 368 g/mol. The van der Waals surface area contributed by atoms with Crippen LogP contribution in [0.3, 0.4) is 0 Å². The highest BCUT2D eigenvalue weighted by atomic mass is 35.5. The molecule has 1 aliphatic heterocycles. The second kappa shape index (κ2) is 7.56. The lowest BCUT2D eigenvalue weighted by Crippen LogP contribution is -2.21. The SMILES string of the molecule is O=C(c1cc(Cl)ncn1)c1cn(CCCN2CCCC2)c2ccccc12. The van der Waals surface area contributed by atoms with Crippen LogP contribution in [0.1, 0.15) is 35.3 Å². The van der Waals surface area contributed by atoms with E-state index in [1.807, 2.05) is 24.4 Å². The molecule has 1 fully saturated rings. The van der Waals surface area contributed by atoms with E-state index < -0.39 is 0 Å². The zero-order valence-electron chi connectivity index (χ0n) is 14.6. The van der Waals surface area contributed by atoms with Crippen LogP contribution in [-0.2, 0) is 6.54 Å². The molecule has 1 saturated heterocycles. The number of para-hydroxylation sites is 1. The predicted octanol–water partition coefficient (Wildman–Crippen LogP) is 3.80. The fourth-order valence-electron chi connectivity index (χ4n) is 3.68. The number of likely N-dealkylation sites (tertiary alicyclic amines) is 1. The number of carbonyl (C=O) groups is 1. The summed E-state index contributed by atoms with van der Waals surface area (Å²) in [6.07, 6.45) is 6.97. The zero-order chi connectivity index (χ0) is 17.9. The third-order valence-electron chi connectivity index (χ3n) is 4.97. The molecule has 5 nitrogen and oxygen atoms in total. The van der Waals surface area contributed by atoms with Crippen molar-refractivity contribution in [2.75, 3.05) is 19.6 Å². The standard InChI is InChI=1S/C20H21ClN4O/c21-19-12-17(22-14-23-19)20(26)16-13-25(18-7-2-1-6-15(16)18)11-5-10-24-8-3-4-9-24/h1-2,6-7,12-14H,3-5,8-11H2. The Balaban J connectivity index is 1.60. The summed E-state index contributed by atoms with van der Waals surface area (Å²) >= 11 is 5.92. The van der Waals surface area contributed by atoms with E-state index in [9.17, 15) is 4.79 Å². The number of aryl methyl sites for hydroxylation is 1. The predicted molar refractivity (Wildman–Crippen MR) is 103 cm³/mol. The second-order valence-corrected chi connectivity index (χ2v) is 7.10. The molecule has 2 aromatic heterocycles. The fourth-order valence-corrected chi connectivity index (χ4v) is 3.83. The van der Waals surface area contributed by atoms with E-state index in [2.05, 4.69) is 25.5 Å². The lowest BCUT2D eigenvalue weighted by molar-refractivity contribution is 0.103. The molecule has 3 heterocycles. The maximum absolute atomic E-state index is 12.9. The Kier molecular flexibility index (Phi) is 5.00. The van der Waals surface area contributed by atoms with Crippen LogP contribution in [0.4, 0.5) is 0 Å². The van der Waals surface area contributed by atoms with Gasteiger partial charge < -0.3 is 9.47 Å². The van der Waals surface area contributed by atoms with Gasteiger partial charge in [-0.15, -0.1) is 0 Å². The van der Waals surface area contributed by atoms with E-state index in [0.717, 1.165) is 30.4 Å². The lowest BCUT2D eigenvalue weighted by Gasteiger charge is -2.14. The van der Waals surface area contributed by atoms with Crippen molar-refractivity contribution in [1.29, 1.82) is 0 Å². The minimum atomic E-state index is -0.121. The minimum Gasteiger partial charge on any atom is -0.347 e. The van der Waals surface area contributed by atoms with E-state index in [1.165, 1.54) is 38.3 Å². The summed E-state index contributed by atoms with van der Waals surface area (Å²) in [5.74, 6) is -0.121. The Hall–Kier alpha value is -2.24. The van der Waals surface area contributed by atoms with Crippen LogP contribution in [0.25, 0.3) is 10.9 Å². The third-order valence-corrected chi connectivity index (χ3v) is 5.18. The topological polar surface area (TPSA) is 51.0 Å². The number of ketones is 1. The molecule has 0 amide bonds. The van der Waals surface area contributed by atoms with E-state index >= 15 is 0 Å². The van der Waals surface area contributed by atoms with E-state index in [-0.39, 0.29) is 10.9 Å². The largest absolute Gasteiger partial charge is 0.347 e. The fraction of sp³-hybridized carbons (Fsp3) is 0.350. The Labute approximate surface area is 157 Å². The quantitative estimate of drug-likeness (QED) is 0.490. The molecule has 1 aromatic carbocycles. The minimum absolute atomic E-state index is 0.121. The molecule has 0 bridgehead atoms. The Morgan fingerprint density at radius 3 is 2.73 bits per heavy atom.